The van der Waals surface area contributed by atoms with Crippen molar-refractivity contribution in [1.29, 1.82) is 0 Å². The smallest absolute Gasteiger partial charge is 0.339 e. The Kier molecular flexibility index (Phi) is 6.06. The van der Waals surface area contributed by atoms with Crippen LogP contribution in [0.4, 0.5) is 11.4 Å². The highest BCUT2D eigenvalue weighted by Crippen LogP contribution is 2.27. The summed E-state index contributed by atoms with van der Waals surface area (Å²) in [4.78, 5) is 24.6. The normalized spacial score (nSPS) is 10.8. The zero-order valence-electron chi connectivity index (χ0n) is 15.3. The first-order valence-corrected chi connectivity index (χ1v) is 9.64. The molecule has 9 heteroatoms. The van der Waals surface area contributed by atoms with Crippen molar-refractivity contribution < 1.29 is 27.5 Å². The molecule has 0 saturated heterocycles. The maximum Gasteiger partial charge on any atom is 0.339 e. The van der Waals surface area contributed by atoms with Gasteiger partial charge in [-0.3, -0.25) is 9.10 Å². The number of hydrogen-bond donors (Lipinski definition) is 1. The van der Waals surface area contributed by atoms with Crippen LogP contribution in [0.15, 0.2) is 42.5 Å². The Morgan fingerprint density at radius 1 is 1.04 bits per heavy atom. The predicted octanol–water partition coefficient (Wildman–Crippen LogP) is 2.13. The number of anilines is 2. The third kappa shape index (κ3) is 4.56. The molecule has 0 atom stereocenters. The van der Waals surface area contributed by atoms with E-state index in [0.717, 1.165) is 10.6 Å². The van der Waals surface area contributed by atoms with E-state index < -0.39 is 21.9 Å². The zero-order chi connectivity index (χ0) is 20.2. The molecule has 0 spiro atoms. The first-order valence-electron chi connectivity index (χ1n) is 7.79. The summed E-state index contributed by atoms with van der Waals surface area (Å²) in [5.41, 5.74) is 0.866. The predicted molar refractivity (Wildman–Crippen MR) is 102 cm³/mol. The Bertz CT molecular complexity index is 972. The number of esters is 1. The molecular weight excluding hydrogens is 372 g/mol. The van der Waals surface area contributed by atoms with Crippen LogP contribution in [-0.4, -0.2) is 47.8 Å². The lowest BCUT2D eigenvalue weighted by Crippen LogP contribution is -2.25. The summed E-state index contributed by atoms with van der Waals surface area (Å²) in [7, 11) is 0.524. The molecule has 0 heterocycles. The Morgan fingerprint density at radius 3 is 2.30 bits per heavy atom. The van der Waals surface area contributed by atoms with Gasteiger partial charge in [-0.05, 0) is 30.3 Å². The standard InChI is InChI=1S/C18H20N2O6S/c1-20(27(4,23)24)12-9-10-16(25-2)14(11-12)17(21)19-15-8-6-5-7-13(15)18(22)26-3/h5-11H,1-4H3,(H,19,21). The number of sulfonamides is 1. The molecule has 0 aliphatic carbocycles. The molecule has 2 aromatic carbocycles. The minimum absolute atomic E-state index is 0.116. The van der Waals surface area contributed by atoms with Gasteiger partial charge >= 0.3 is 5.97 Å². The molecule has 1 amide bonds. The largest absolute Gasteiger partial charge is 0.496 e. The van der Waals surface area contributed by atoms with Crippen LogP contribution in [-0.2, 0) is 14.8 Å². The first-order chi connectivity index (χ1) is 12.7. The van der Waals surface area contributed by atoms with Gasteiger partial charge in [0.05, 0.1) is 43.0 Å². The number of carbonyl (C=O) groups is 2. The molecule has 2 rings (SSSR count). The van der Waals surface area contributed by atoms with Gasteiger partial charge in [-0.25, -0.2) is 13.2 Å². The van der Waals surface area contributed by atoms with Crippen molar-refractivity contribution in [3.63, 3.8) is 0 Å². The summed E-state index contributed by atoms with van der Waals surface area (Å²) < 4.78 is 34.5. The molecule has 0 bridgehead atoms. The van der Waals surface area contributed by atoms with E-state index in [9.17, 15) is 18.0 Å². The molecule has 0 fully saturated rings. The van der Waals surface area contributed by atoms with Gasteiger partial charge in [0.15, 0.2) is 0 Å². The number of nitrogens with zero attached hydrogens (tertiary/aromatic N) is 1. The summed E-state index contributed by atoms with van der Waals surface area (Å²) in [6.07, 6.45) is 1.06. The van der Waals surface area contributed by atoms with E-state index in [1.807, 2.05) is 0 Å². The van der Waals surface area contributed by atoms with Crippen molar-refractivity contribution in [2.75, 3.05) is 37.1 Å². The molecule has 0 unspecified atom stereocenters. The topological polar surface area (TPSA) is 102 Å². The Labute approximate surface area is 157 Å². The molecule has 2 aromatic rings. The van der Waals surface area contributed by atoms with Crippen LogP contribution in [0.1, 0.15) is 20.7 Å². The second-order valence-electron chi connectivity index (χ2n) is 5.61. The number of para-hydroxylation sites is 1. The van der Waals surface area contributed by atoms with Crippen LogP contribution in [0.25, 0.3) is 0 Å². The highest BCUT2D eigenvalue weighted by molar-refractivity contribution is 7.92. The van der Waals surface area contributed by atoms with Gasteiger partial charge in [-0.1, -0.05) is 12.1 Å². The maximum absolute atomic E-state index is 12.8. The van der Waals surface area contributed by atoms with Crippen molar-refractivity contribution in [3.05, 3.63) is 53.6 Å². The third-order valence-electron chi connectivity index (χ3n) is 3.87. The van der Waals surface area contributed by atoms with E-state index >= 15 is 0 Å². The molecule has 0 saturated carbocycles. The summed E-state index contributed by atoms with van der Waals surface area (Å²) in [6, 6.07) is 10.8. The maximum atomic E-state index is 12.8. The van der Waals surface area contributed by atoms with Gasteiger partial charge in [0.25, 0.3) is 5.91 Å². The minimum Gasteiger partial charge on any atom is -0.496 e. The molecule has 0 radical (unpaired) electrons. The molecule has 0 aromatic heterocycles. The van der Waals surface area contributed by atoms with Crippen LogP contribution in [0.2, 0.25) is 0 Å². The third-order valence-corrected chi connectivity index (χ3v) is 5.08. The van der Waals surface area contributed by atoms with Crippen LogP contribution in [0.3, 0.4) is 0 Å². The van der Waals surface area contributed by atoms with E-state index in [0.29, 0.717) is 5.69 Å². The molecule has 0 aliphatic heterocycles. The van der Waals surface area contributed by atoms with Gasteiger partial charge in [-0.2, -0.15) is 0 Å². The summed E-state index contributed by atoms with van der Waals surface area (Å²) in [5, 5.41) is 2.63. The van der Waals surface area contributed by atoms with Crippen molar-refractivity contribution in [2.45, 2.75) is 0 Å². The second kappa shape index (κ2) is 8.09. The molecule has 27 heavy (non-hydrogen) atoms. The number of rotatable bonds is 6. The van der Waals surface area contributed by atoms with Gasteiger partial charge in [0, 0.05) is 7.05 Å². The van der Waals surface area contributed by atoms with Gasteiger partial charge in [0.1, 0.15) is 5.75 Å². The van der Waals surface area contributed by atoms with Crippen molar-refractivity contribution in [2.24, 2.45) is 0 Å². The van der Waals surface area contributed by atoms with E-state index in [-0.39, 0.29) is 22.6 Å². The molecule has 144 valence electrons. The average molecular weight is 392 g/mol. The van der Waals surface area contributed by atoms with Crippen LogP contribution in [0, 0.1) is 0 Å². The van der Waals surface area contributed by atoms with E-state index in [1.165, 1.54) is 45.5 Å². The lowest BCUT2D eigenvalue weighted by atomic mass is 10.1. The van der Waals surface area contributed by atoms with Crippen molar-refractivity contribution in [3.8, 4) is 5.75 Å². The van der Waals surface area contributed by atoms with Gasteiger partial charge in [0.2, 0.25) is 10.0 Å². The number of hydrogen-bond acceptors (Lipinski definition) is 6. The lowest BCUT2D eigenvalue weighted by molar-refractivity contribution is 0.0602. The zero-order valence-corrected chi connectivity index (χ0v) is 16.2. The SMILES string of the molecule is COC(=O)c1ccccc1NC(=O)c1cc(N(C)S(C)(=O)=O)ccc1OC. The number of amides is 1. The second-order valence-corrected chi connectivity index (χ2v) is 7.62. The highest BCUT2D eigenvalue weighted by atomic mass is 32.2. The Hall–Kier alpha value is -3.07. The van der Waals surface area contributed by atoms with Crippen LogP contribution >= 0.6 is 0 Å². The fraction of sp³-hybridized carbons (Fsp3) is 0.222. The van der Waals surface area contributed by atoms with Crippen LogP contribution < -0.4 is 14.4 Å². The lowest BCUT2D eigenvalue weighted by Gasteiger charge is -2.19. The van der Waals surface area contributed by atoms with Gasteiger partial charge in [-0.15, -0.1) is 0 Å². The van der Waals surface area contributed by atoms with Crippen LogP contribution in [0.5, 0.6) is 5.75 Å². The number of nitrogens with one attached hydrogen (secondary N) is 1. The summed E-state index contributed by atoms with van der Waals surface area (Å²) >= 11 is 0. The highest BCUT2D eigenvalue weighted by Gasteiger charge is 2.20. The number of ether oxygens (including phenoxy) is 2. The number of benzene rings is 2. The minimum atomic E-state index is -3.50. The molecular formula is C18H20N2O6S. The molecule has 0 aliphatic rings. The first kappa shape index (κ1) is 20.2. The number of methoxy groups -OCH3 is 2. The van der Waals surface area contributed by atoms with E-state index in [1.54, 1.807) is 18.2 Å². The molecule has 1 N–H and O–H groups in total. The van der Waals surface area contributed by atoms with E-state index in [4.69, 9.17) is 9.47 Å². The van der Waals surface area contributed by atoms with Gasteiger partial charge < -0.3 is 14.8 Å². The fourth-order valence-corrected chi connectivity index (χ4v) is 2.83. The summed E-state index contributed by atoms with van der Waals surface area (Å²) in [6.45, 7) is 0. The van der Waals surface area contributed by atoms with E-state index in [2.05, 4.69) is 5.32 Å². The Balaban J connectivity index is 2.43. The van der Waals surface area contributed by atoms with Crippen molar-refractivity contribution >= 4 is 33.3 Å². The quantitative estimate of drug-likeness (QED) is 0.756. The average Bonchev–Trinajstić information content (AvgIpc) is 2.65. The number of carbonyl (C=O) groups excluding carboxylic acids is 2. The monoisotopic (exact) mass is 392 g/mol. The molecule has 8 nitrogen and oxygen atoms in total. The Morgan fingerprint density at radius 2 is 1.70 bits per heavy atom. The van der Waals surface area contributed by atoms with Crippen molar-refractivity contribution in [1.82, 2.24) is 0 Å². The fourth-order valence-electron chi connectivity index (χ4n) is 2.33. The summed E-state index contributed by atoms with van der Waals surface area (Å²) in [5.74, 6) is -0.899.